The quantitative estimate of drug-likeness (QED) is 0.749. The average molecular weight is 341 g/mol. The van der Waals surface area contributed by atoms with Gasteiger partial charge in [-0.25, -0.2) is 4.68 Å². The standard InChI is InChI=1S/C18H19N3O2S/c1-13(7-8-14-5-3-2-4-6-14)20-16(22)12-21-18(23)17-15(11-19-21)9-10-24-17/h2-6,9-11,13H,7-8,12H2,1H3,(H,20,22)/t13-/m1/s1. The van der Waals surface area contributed by atoms with Gasteiger partial charge in [-0.05, 0) is 36.8 Å². The first kappa shape index (κ1) is 16.4. The normalized spacial score (nSPS) is 12.2. The smallest absolute Gasteiger partial charge is 0.285 e. The Morgan fingerprint density at radius 2 is 2.08 bits per heavy atom. The number of carbonyl (C=O) groups excluding carboxylic acids is 1. The first-order valence-corrected chi connectivity index (χ1v) is 8.78. The van der Waals surface area contributed by atoms with Crippen LogP contribution < -0.4 is 10.9 Å². The highest BCUT2D eigenvalue weighted by molar-refractivity contribution is 7.17. The lowest BCUT2D eigenvalue weighted by Gasteiger charge is -2.14. The molecule has 1 N–H and O–H groups in total. The maximum Gasteiger partial charge on any atom is 0.285 e. The zero-order valence-corrected chi connectivity index (χ0v) is 14.3. The molecule has 0 radical (unpaired) electrons. The van der Waals surface area contributed by atoms with Crippen LogP contribution in [0.3, 0.4) is 0 Å². The number of hydrogen-bond donors (Lipinski definition) is 1. The van der Waals surface area contributed by atoms with Crippen molar-refractivity contribution < 1.29 is 4.79 Å². The molecule has 1 amide bonds. The minimum Gasteiger partial charge on any atom is -0.352 e. The van der Waals surface area contributed by atoms with Crippen LogP contribution in [0, 0.1) is 0 Å². The second-order valence-electron chi connectivity index (χ2n) is 5.81. The Balaban J connectivity index is 1.56. The molecule has 0 aliphatic heterocycles. The lowest BCUT2D eigenvalue weighted by atomic mass is 10.1. The summed E-state index contributed by atoms with van der Waals surface area (Å²) in [5.41, 5.74) is 1.04. The van der Waals surface area contributed by atoms with E-state index in [1.807, 2.05) is 36.6 Å². The number of aryl methyl sites for hydroxylation is 1. The van der Waals surface area contributed by atoms with E-state index in [-0.39, 0.29) is 24.1 Å². The molecule has 5 nitrogen and oxygen atoms in total. The lowest BCUT2D eigenvalue weighted by molar-refractivity contribution is -0.122. The van der Waals surface area contributed by atoms with Crippen molar-refractivity contribution in [3.8, 4) is 0 Å². The van der Waals surface area contributed by atoms with E-state index in [2.05, 4.69) is 22.5 Å². The average Bonchev–Trinajstić information content (AvgIpc) is 3.06. The van der Waals surface area contributed by atoms with Gasteiger partial charge in [0.25, 0.3) is 5.56 Å². The van der Waals surface area contributed by atoms with Crippen LogP contribution in [0.1, 0.15) is 18.9 Å². The fourth-order valence-corrected chi connectivity index (χ4v) is 3.38. The van der Waals surface area contributed by atoms with Gasteiger partial charge < -0.3 is 5.32 Å². The molecule has 0 aliphatic carbocycles. The van der Waals surface area contributed by atoms with Crippen LogP contribution in [0.25, 0.3) is 10.1 Å². The summed E-state index contributed by atoms with van der Waals surface area (Å²) in [6.45, 7) is 1.92. The summed E-state index contributed by atoms with van der Waals surface area (Å²) in [5, 5.41) is 9.67. The Hall–Kier alpha value is -2.47. The number of nitrogens with zero attached hydrogens (tertiary/aromatic N) is 2. The molecular weight excluding hydrogens is 322 g/mol. The molecule has 3 rings (SSSR count). The molecule has 2 heterocycles. The Labute approximate surface area is 143 Å². The maximum absolute atomic E-state index is 12.3. The number of thiophene rings is 1. The molecule has 24 heavy (non-hydrogen) atoms. The van der Waals surface area contributed by atoms with Crippen LogP contribution in [-0.2, 0) is 17.8 Å². The fourth-order valence-electron chi connectivity index (χ4n) is 2.57. The fraction of sp³-hybridized carbons (Fsp3) is 0.278. The van der Waals surface area contributed by atoms with Crippen molar-refractivity contribution in [2.75, 3.05) is 0 Å². The first-order valence-electron chi connectivity index (χ1n) is 7.90. The topological polar surface area (TPSA) is 64.0 Å². The van der Waals surface area contributed by atoms with Gasteiger partial charge in [-0.1, -0.05) is 30.3 Å². The van der Waals surface area contributed by atoms with Crippen molar-refractivity contribution in [3.05, 3.63) is 63.9 Å². The van der Waals surface area contributed by atoms with Crippen molar-refractivity contribution >= 4 is 27.3 Å². The van der Waals surface area contributed by atoms with E-state index < -0.39 is 0 Å². The van der Waals surface area contributed by atoms with Gasteiger partial charge in [0.05, 0.1) is 6.20 Å². The van der Waals surface area contributed by atoms with Gasteiger partial charge >= 0.3 is 0 Å². The molecular formula is C18H19N3O2S. The summed E-state index contributed by atoms with van der Waals surface area (Å²) >= 11 is 1.37. The van der Waals surface area contributed by atoms with Crippen molar-refractivity contribution in [2.24, 2.45) is 0 Å². The van der Waals surface area contributed by atoms with Crippen LogP contribution in [0.5, 0.6) is 0 Å². The molecule has 0 bridgehead atoms. The summed E-state index contributed by atoms with van der Waals surface area (Å²) in [7, 11) is 0. The monoisotopic (exact) mass is 341 g/mol. The third-order valence-electron chi connectivity index (χ3n) is 3.87. The minimum absolute atomic E-state index is 0.0406. The summed E-state index contributed by atoms with van der Waals surface area (Å²) < 4.78 is 1.85. The Morgan fingerprint density at radius 1 is 1.29 bits per heavy atom. The third kappa shape index (κ3) is 3.89. The number of fused-ring (bicyclic) bond motifs is 1. The molecule has 0 aliphatic rings. The highest BCUT2D eigenvalue weighted by Gasteiger charge is 2.11. The number of carbonyl (C=O) groups is 1. The molecule has 124 valence electrons. The number of nitrogens with one attached hydrogen (secondary N) is 1. The number of aromatic nitrogens is 2. The van der Waals surface area contributed by atoms with Gasteiger partial charge in [0, 0.05) is 11.4 Å². The van der Waals surface area contributed by atoms with Gasteiger partial charge in [0.1, 0.15) is 11.2 Å². The van der Waals surface area contributed by atoms with E-state index in [4.69, 9.17) is 0 Å². The SMILES string of the molecule is C[C@H](CCc1ccccc1)NC(=O)Cn1ncc2ccsc2c1=O. The van der Waals surface area contributed by atoms with Gasteiger partial charge in [0.15, 0.2) is 0 Å². The van der Waals surface area contributed by atoms with Crippen molar-refractivity contribution in [2.45, 2.75) is 32.4 Å². The molecule has 1 aromatic carbocycles. The summed E-state index contributed by atoms with van der Waals surface area (Å²) in [6.07, 6.45) is 3.38. The molecule has 2 aromatic heterocycles. The highest BCUT2D eigenvalue weighted by atomic mass is 32.1. The number of rotatable bonds is 6. The zero-order valence-electron chi connectivity index (χ0n) is 13.4. The molecule has 0 unspecified atom stereocenters. The number of benzene rings is 1. The Morgan fingerprint density at radius 3 is 2.88 bits per heavy atom. The van der Waals surface area contributed by atoms with Gasteiger partial charge in [-0.2, -0.15) is 5.10 Å². The predicted octanol–water partition coefficient (Wildman–Crippen LogP) is 2.60. The largest absolute Gasteiger partial charge is 0.352 e. The van der Waals surface area contributed by atoms with E-state index in [9.17, 15) is 9.59 Å². The van der Waals surface area contributed by atoms with E-state index in [1.54, 1.807) is 6.20 Å². The van der Waals surface area contributed by atoms with E-state index >= 15 is 0 Å². The number of hydrogen-bond acceptors (Lipinski definition) is 4. The van der Waals surface area contributed by atoms with Crippen LogP contribution in [0.15, 0.2) is 52.8 Å². The first-order chi connectivity index (χ1) is 11.6. The van der Waals surface area contributed by atoms with Crippen molar-refractivity contribution in [1.29, 1.82) is 0 Å². The van der Waals surface area contributed by atoms with E-state index in [0.717, 1.165) is 18.2 Å². The number of amides is 1. The van der Waals surface area contributed by atoms with Gasteiger partial charge in [-0.3, -0.25) is 9.59 Å². The Kier molecular flexibility index (Phi) is 5.05. The molecule has 3 aromatic rings. The second-order valence-corrected chi connectivity index (χ2v) is 6.72. The summed E-state index contributed by atoms with van der Waals surface area (Å²) in [6, 6.07) is 12.1. The molecule has 6 heteroatoms. The van der Waals surface area contributed by atoms with Gasteiger partial charge in [0.2, 0.25) is 5.91 Å². The minimum atomic E-state index is -0.213. The molecule has 0 saturated heterocycles. The summed E-state index contributed by atoms with van der Waals surface area (Å²) in [4.78, 5) is 24.4. The molecule has 0 saturated carbocycles. The third-order valence-corrected chi connectivity index (χ3v) is 4.79. The maximum atomic E-state index is 12.3. The van der Waals surface area contributed by atoms with E-state index in [0.29, 0.717) is 4.70 Å². The van der Waals surface area contributed by atoms with E-state index in [1.165, 1.54) is 21.6 Å². The van der Waals surface area contributed by atoms with Crippen LogP contribution in [-0.4, -0.2) is 21.7 Å². The lowest BCUT2D eigenvalue weighted by Crippen LogP contribution is -2.38. The molecule has 0 spiro atoms. The van der Waals surface area contributed by atoms with Crippen LogP contribution in [0.4, 0.5) is 0 Å². The predicted molar refractivity (Wildman–Crippen MR) is 96.2 cm³/mol. The highest BCUT2D eigenvalue weighted by Crippen LogP contribution is 2.14. The zero-order chi connectivity index (χ0) is 16.9. The summed E-state index contributed by atoms with van der Waals surface area (Å²) in [5.74, 6) is -0.193. The second kappa shape index (κ2) is 7.40. The van der Waals surface area contributed by atoms with Gasteiger partial charge in [-0.15, -0.1) is 11.3 Å². The molecule has 0 fully saturated rings. The Bertz CT molecular complexity index is 886. The van der Waals surface area contributed by atoms with Crippen LogP contribution in [0.2, 0.25) is 0 Å². The van der Waals surface area contributed by atoms with Crippen molar-refractivity contribution in [3.63, 3.8) is 0 Å². The molecule has 1 atom stereocenters. The van der Waals surface area contributed by atoms with Crippen molar-refractivity contribution in [1.82, 2.24) is 15.1 Å². The van der Waals surface area contributed by atoms with Crippen LogP contribution >= 0.6 is 11.3 Å².